The Kier molecular flexibility index (Phi) is 4.77. The highest BCUT2D eigenvalue weighted by molar-refractivity contribution is 6.29. The van der Waals surface area contributed by atoms with E-state index >= 15 is 0 Å². The van der Waals surface area contributed by atoms with Crippen LogP contribution in [0.3, 0.4) is 0 Å². The van der Waals surface area contributed by atoms with E-state index in [0.717, 1.165) is 4.57 Å². The highest BCUT2D eigenvalue weighted by atomic mass is 35.5. The lowest BCUT2D eigenvalue weighted by atomic mass is 9.90. The fourth-order valence-corrected chi connectivity index (χ4v) is 2.56. The summed E-state index contributed by atoms with van der Waals surface area (Å²) in [4.78, 5) is 40.8. The average molecular weight is 367 g/mol. The van der Waals surface area contributed by atoms with E-state index in [9.17, 15) is 19.6 Å². The Balaban J connectivity index is 2.52. The van der Waals surface area contributed by atoms with Crippen LogP contribution in [0.1, 0.15) is 20.8 Å². The van der Waals surface area contributed by atoms with Crippen LogP contribution in [-0.2, 0) is 25.4 Å². The fourth-order valence-electron chi connectivity index (χ4n) is 2.34. The maximum absolute atomic E-state index is 12.4. The number of aryl methyl sites for hydroxylation is 1. The lowest BCUT2D eigenvalue weighted by Crippen LogP contribution is -2.50. The van der Waals surface area contributed by atoms with Gasteiger partial charge in [-0.3, -0.25) is 23.3 Å². The van der Waals surface area contributed by atoms with Gasteiger partial charge in [0.2, 0.25) is 11.2 Å². The summed E-state index contributed by atoms with van der Waals surface area (Å²) in [5.41, 5.74) is -2.05. The molecule has 0 aliphatic heterocycles. The second-order valence-electron chi connectivity index (χ2n) is 6.36. The molecule has 25 heavy (non-hydrogen) atoms. The summed E-state index contributed by atoms with van der Waals surface area (Å²) < 4.78 is 3.33. The summed E-state index contributed by atoms with van der Waals surface area (Å²) >= 11 is 6.07. The van der Waals surface area contributed by atoms with E-state index in [1.54, 1.807) is 6.92 Å². The SMILES string of the molecule is CC(C)[C@@](C)(C#N)NC(=O)Cn1c(Cl)nc2c1c(=O)n(C)c(=O)n2C. The summed E-state index contributed by atoms with van der Waals surface area (Å²) in [7, 11) is 2.80. The van der Waals surface area contributed by atoms with E-state index in [4.69, 9.17) is 11.6 Å². The van der Waals surface area contributed by atoms with E-state index in [1.807, 2.05) is 13.8 Å². The molecule has 9 nitrogen and oxygen atoms in total. The fraction of sp³-hybridized carbons (Fsp3) is 0.533. The largest absolute Gasteiger partial charge is 0.336 e. The number of hydrogen-bond donors (Lipinski definition) is 1. The average Bonchev–Trinajstić information content (AvgIpc) is 2.87. The summed E-state index contributed by atoms with van der Waals surface area (Å²) in [5.74, 6) is -0.611. The van der Waals surface area contributed by atoms with Gasteiger partial charge in [-0.1, -0.05) is 13.8 Å². The van der Waals surface area contributed by atoms with Gasteiger partial charge >= 0.3 is 5.69 Å². The Morgan fingerprint density at radius 2 is 1.96 bits per heavy atom. The van der Waals surface area contributed by atoms with Gasteiger partial charge in [0.05, 0.1) is 6.07 Å². The minimum Gasteiger partial charge on any atom is -0.336 e. The molecule has 0 aliphatic carbocycles. The Morgan fingerprint density at radius 1 is 1.36 bits per heavy atom. The summed E-state index contributed by atoms with van der Waals surface area (Å²) in [6.07, 6.45) is 0. The molecule has 1 amide bonds. The quantitative estimate of drug-likeness (QED) is 0.773. The number of nitrogens with zero attached hydrogens (tertiary/aromatic N) is 5. The van der Waals surface area contributed by atoms with Gasteiger partial charge in [-0.2, -0.15) is 10.2 Å². The number of fused-ring (bicyclic) bond motifs is 1. The Labute approximate surface area is 148 Å². The first-order chi connectivity index (χ1) is 11.5. The summed E-state index contributed by atoms with van der Waals surface area (Å²) in [6, 6.07) is 2.08. The van der Waals surface area contributed by atoms with Crippen LogP contribution in [0.25, 0.3) is 11.2 Å². The molecule has 0 spiro atoms. The third-order valence-corrected chi connectivity index (χ3v) is 4.68. The smallest absolute Gasteiger partial charge is 0.332 e. The van der Waals surface area contributed by atoms with Crippen molar-refractivity contribution in [2.45, 2.75) is 32.9 Å². The lowest BCUT2D eigenvalue weighted by Gasteiger charge is -2.27. The zero-order chi connectivity index (χ0) is 19.1. The first-order valence-corrected chi connectivity index (χ1v) is 7.95. The van der Waals surface area contributed by atoms with Crippen LogP contribution in [-0.4, -0.2) is 30.1 Å². The molecule has 2 aromatic rings. The number of aromatic nitrogens is 4. The number of amides is 1. The van der Waals surface area contributed by atoms with Crippen molar-refractivity contribution in [3.8, 4) is 6.07 Å². The Bertz CT molecular complexity index is 1010. The molecular formula is C15H19ClN6O3. The van der Waals surface area contributed by atoms with Crippen molar-refractivity contribution in [3.63, 3.8) is 0 Å². The Hall–Kier alpha value is -2.60. The summed E-state index contributed by atoms with van der Waals surface area (Å²) in [6.45, 7) is 4.95. The molecule has 0 fully saturated rings. The standard InChI is InChI=1S/C15H19ClN6O3/c1-8(2)15(3,7-17)19-9(23)6-22-10-11(18-13(22)16)20(4)14(25)21(5)12(10)24/h8H,6H2,1-5H3,(H,19,23)/t15-/m1/s1. The normalized spacial score (nSPS) is 13.7. The van der Waals surface area contributed by atoms with Gasteiger partial charge < -0.3 is 5.32 Å². The molecule has 1 atom stereocenters. The van der Waals surface area contributed by atoms with Crippen molar-refractivity contribution in [1.82, 2.24) is 24.0 Å². The first-order valence-electron chi connectivity index (χ1n) is 7.57. The van der Waals surface area contributed by atoms with E-state index in [-0.39, 0.29) is 28.9 Å². The van der Waals surface area contributed by atoms with Crippen molar-refractivity contribution in [1.29, 1.82) is 5.26 Å². The first kappa shape index (κ1) is 18.7. The third kappa shape index (κ3) is 3.05. The number of nitriles is 1. The zero-order valence-corrected chi connectivity index (χ0v) is 15.4. The highest BCUT2D eigenvalue weighted by Crippen LogP contribution is 2.17. The van der Waals surface area contributed by atoms with Crippen LogP contribution in [0.5, 0.6) is 0 Å². The number of carbonyl (C=O) groups excluding carboxylic acids is 1. The monoisotopic (exact) mass is 366 g/mol. The number of rotatable bonds is 4. The molecule has 1 N–H and O–H groups in total. The number of carbonyl (C=O) groups is 1. The molecule has 134 valence electrons. The molecule has 2 aromatic heterocycles. The number of nitrogens with one attached hydrogen (secondary N) is 1. The molecule has 0 aromatic carbocycles. The van der Waals surface area contributed by atoms with Gasteiger partial charge in [0.15, 0.2) is 11.2 Å². The van der Waals surface area contributed by atoms with E-state index in [1.165, 1.54) is 23.2 Å². The predicted octanol–water partition coefficient (Wildman–Crippen LogP) is 0.142. The van der Waals surface area contributed by atoms with Crippen LogP contribution >= 0.6 is 11.6 Å². The molecule has 0 unspecified atom stereocenters. The van der Waals surface area contributed by atoms with Crippen LogP contribution < -0.4 is 16.6 Å². The molecule has 0 saturated carbocycles. The van der Waals surface area contributed by atoms with E-state index in [2.05, 4.69) is 16.4 Å². The second-order valence-corrected chi connectivity index (χ2v) is 6.70. The number of halogens is 1. The molecule has 0 bridgehead atoms. The van der Waals surface area contributed by atoms with Crippen molar-refractivity contribution >= 4 is 28.7 Å². The molecule has 10 heteroatoms. The summed E-state index contributed by atoms with van der Waals surface area (Å²) in [5, 5.41) is 11.9. The van der Waals surface area contributed by atoms with E-state index in [0.29, 0.717) is 0 Å². The van der Waals surface area contributed by atoms with Gasteiger partial charge in [0.25, 0.3) is 5.56 Å². The second kappa shape index (κ2) is 6.37. The minimum absolute atomic E-state index is 0.0490. The van der Waals surface area contributed by atoms with Gasteiger partial charge in [-0.05, 0) is 24.4 Å². The molecule has 0 aliphatic rings. The maximum Gasteiger partial charge on any atom is 0.332 e. The maximum atomic E-state index is 12.4. The molecule has 2 heterocycles. The van der Waals surface area contributed by atoms with Crippen molar-refractivity contribution in [2.24, 2.45) is 20.0 Å². The Morgan fingerprint density at radius 3 is 2.48 bits per heavy atom. The zero-order valence-electron chi connectivity index (χ0n) is 14.6. The van der Waals surface area contributed by atoms with Crippen molar-refractivity contribution in [2.75, 3.05) is 0 Å². The van der Waals surface area contributed by atoms with Crippen LogP contribution in [0.15, 0.2) is 9.59 Å². The van der Waals surface area contributed by atoms with E-state index < -0.39 is 22.7 Å². The van der Waals surface area contributed by atoms with Crippen molar-refractivity contribution < 1.29 is 4.79 Å². The van der Waals surface area contributed by atoms with Crippen LogP contribution in [0.4, 0.5) is 0 Å². The topological polar surface area (TPSA) is 115 Å². The van der Waals surface area contributed by atoms with Gasteiger partial charge in [-0.25, -0.2) is 4.79 Å². The van der Waals surface area contributed by atoms with Gasteiger partial charge in [0, 0.05) is 14.1 Å². The van der Waals surface area contributed by atoms with Crippen molar-refractivity contribution in [3.05, 3.63) is 26.1 Å². The highest BCUT2D eigenvalue weighted by Gasteiger charge is 2.30. The number of hydrogen-bond acceptors (Lipinski definition) is 5. The number of imidazole rings is 1. The van der Waals surface area contributed by atoms with Crippen LogP contribution in [0, 0.1) is 17.2 Å². The lowest BCUT2D eigenvalue weighted by molar-refractivity contribution is -0.123. The molecule has 0 radical (unpaired) electrons. The van der Waals surface area contributed by atoms with Crippen LogP contribution in [0.2, 0.25) is 5.28 Å². The third-order valence-electron chi connectivity index (χ3n) is 4.39. The van der Waals surface area contributed by atoms with Gasteiger partial charge in [0.1, 0.15) is 12.1 Å². The molecule has 0 saturated heterocycles. The minimum atomic E-state index is -1.06. The van der Waals surface area contributed by atoms with Gasteiger partial charge in [-0.15, -0.1) is 0 Å². The molecular weight excluding hydrogens is 348 g/mol. The predicted molar refractivity (Wildman–Crippen MR) is 92.2 cm³/mol. The molecule has 2 rings (SSSR count).